The predicted octanol–water partition coefficient (Wildman–Crippen LogP) is -0.196. The Labute approximate surface area is 66.9 Å². The normalized spacial score (nSPS) is 10.9. The monoisotopic (exact) mass is 160 g/mol. The van der Waals surface area contributed by atoms with Crippen LogP contribution in [0.4, 0.5) is 0 Å². The fraction of sp³-hybridized carbons (Fsp3) is 0.714. The van der Waals surface area contributed by atoms with Crippen molar-refractivity contribution in [2.45, 2.75) is 33.2 Å². The maximum Gasteiger partial charge on any atom is 0.219 e. The maximum atomic E-state index is 10.3. The van der Waals surface area contributed by atoms with Gasteiger partial charge in [0.15, 0.2) is 0 Å². The van der Waals surface area contributed by atoms with Gasteiger partial charge < -0.3 is 11.5 Å². The van der Waals surface area contributed by atoms with E-state index < -0.39 is 11.9 Å². The first kappa shape index (κ1) is 12.7. The summed E-state index contributed by atoms with van der Waals surface area (Å²) in [7, 11) is 0. The summed E-state index contributed by atoms with van der Waals surface area (Å²) in [6, 6.07) is -0.720. The minimum Gasteiger partial charge on any atom is -0.370 e. The van der Waals surface area contributed by atoms with Crippen molar-refractivity contribution in [1.29, 1.82) is 0 Å². The number of Topliss-reactive ketones (excluding diaryl/α,β-unsaturated/α-hetero) is 1. The summed E-state index contributed by atoms with van der Waals surface area (Å²) in [5.74, 6) is -0.758. The molecule has 1 amide bonds. The van der Waals surface area contributed by atoms with Crippen LogP contribution < -0.4 is 11.5 Å². The molecule has 0 rings (SSSR count). The van der Waals surface area contributed by atoms with Crippen molar-refractivity contribution in [3.63, 3.8) is 0 Å². The summed E-state index contributed by atoms with van der Waals surface area (Å²) in [5, 5.41) is 0. The zero-order valence-corrected chi connectivity index (χ0v) is 7.26. The van der Waals surface area contributed by atoms with Crippen LogP contribution in [0, 0.1) is 0 Å². The van der Waals surface area contributed by atoms with Crippen molar-refractivity contribution in [2.75, 3.05) is 0 Å². The van der Waals surface area contributed by atoms with E-state index in [2.05, 4.69) is 0 Å². The van der Waals surface area contributed by atoms with Crippen LogP contribution in [-0.2, 0) is 9.59 Å². The number of amides is 1. The molecule has 0 aliphatic rings. The Kier molecular flexibility index (Phi) is 8.36. The number of hydrogen-bond acceptors (Lipinski definition) is 3. The van der Waals surface area contributed by atoms with E-state index in [9.17, 15) is 9.59 Å². The molecule has 0 heterocycles. The quantitative estimate of drug-likeness (QED) is 0.599. The van der Waals surface area contributed by atoms with Gasteiger partial charge in [-0.2, -0.15) is 0 Å². The summed E-state index contributed by atoms with van der Waals surface area (Å²) >= 11 is 0. The predicted molar refractivity (Wildman–Crippen MR) is 43.8 cm³/mol. The van der Waals surface area contributed by atoms with Crippen LogP contribution in [0.15, 0.2) is 0 Å². The lowest BCUT2D eigenvalue weighted by molar-refractivity contribution is -0.123. The van der Waals surface area contributed by atoms with Crippen LogP contribution in [0.25, 0.3) is 0 Å². The molecule has 1 unspecified atom stereocenters. The first-order valence-electron chi connectivity index (χ1n) is 3.58. The van der Waals surface area contributed by atoms with Crippen LogP contribution in [0.5, 0.6) is 0 Å². The molecule has 0 radical (unpaired) electrons. The van der Waals surface area contributed by atoms with Crippen LogP contribution in [0.3, 0.4) is 0 Å². The van der Waals surface area contributed by atoms with Crippen molar-refractivity contribution in [2.24, 2.45) is 11.5 Å². The molecule has 0 fully saturated rings. The standard InChI is InChI=1S/C5H10N2O2.C2H6/c1-3(8)4(6)2-5(7)9;1-2/h4H,2,6H2,1H3,(H2,7,9);1-2H3. The Morgan fingerprint density at radius 2 is 1.73 bits per heavy atom. The summed E-state index contributed by atoms with van der Waals surface area (Å²) in [6.45, 7) is 5.33. The maximum absolute atomic E-state index is 10.3. The van der Waals surface area contributed by atoms with E-state index >= 15 is 0 Å². The molecule has 66 valence electrons. The van der Waals surface area contributed by atoms with E-state index in [4.69, 9.17) is 11.5 Å². The molecule has 0 aromatic heterocycles. The molecule has 0 aliphatic carbocycles. The number of carbonyl (C=O) groups excluding carboxylic acids is 2. The minimum absolute atomic E-state index is 0.0602. The Hall–Kier alpha value is -0.900. The van der Waals surface area contributed by atoms with Crippen molar-refractivity contribution < 1.29 is 9.59 Å². The summed E-state index contributed by atoms with van der Waals surface area (Å²) < 4.78 is 0. The van der Waals surface area contributed by atoms with E-state index in [-0.39, 0.29) is 12.2 Å². The highest BCUT2D eigenvalue weighted by atomic mass is 16.1. The molecule has 4 N–H and O–H groups in total. The molecule has 4 heteroatoms. The third-order valence-corrected chi connectivity index (χ3v) is 0.943. The first-order chi connectivity index (χ1) is 5.04. The highest BCUT2D eigenvalue weighted by Gasteiger charge is 2.09. The highest BCUT2D eigenvalue weighted by Crippen LogP contribution is 1.86. The number of hydrogen-bond donors (Lipinski definition) is 2. The molecule has 1 atom stereocenters. The Morgan fingerprint density at radius 3 is 1.82 bits per heavy atom. The van der Waals surface area contributed by atoms with Gasteiger partial charge >= 0.3 is 0 Å². The fourth-order valence-electron chi connectivity index (χ4n) is 0.360. The van der Waals surface area contributed by atoms with Gasteiger partial charge in [0.05, 0.1) is 6.04 Å². The van der Waals surface area contributed by atoms with Gasteiger partial charge in [0.25, 0.3) is 0 Å². The second kappa shape index (κ2) is 7.21. The van der Waals surface area contributed by atoms with E-state index in [1.165, 1.54) is 6.92 Å². The summed E-state index contributed by atoms with van der Waals surface area (Å²) in [6.07, 6.45) is -0.0602. The molecule has 4 nitrogen and oxygen atoms in total. The molecule has 0 aromatic carbocycles. The highest BCUT2D eigenvalue weighted by molar-refractivity contribution is 5.87. The molecule has 0 aromatic rings. The van der Waals surface area contributed by atoms with Crippen LogP contribution >= 0.6 is 0 Å². The summed E-state index contributed by atoms with van der Waals surface area (Å²) in [4.78, 5) is 20.5. The van der Waals surface area contributed by atoms with E-state index in [1.807, 2.05) is 13.8 Å². The van der Waals surface area contributed by atoms with Crippen molar-refractivity contribution in [1.82, 2.24) is 0 Å². The van der Waals surface area contributed by atoms with E-state index in [0.717, 1.165) is 0 Å². The zero-order valence-electron chi connectivity index (χ0n) is 7.26. The number of carbonyl (C=O) groups is 2. The topological polar surface area (TPSA) is 86.2 Å². The van der Waals surface area contributed by atoms with Crippen LogP contribution in [-0.4, -0.2) is 17.7 Å². The Bertz CT molecular complexity index is 134. The van der Waals surface area contributed by atoms with Gasteiger partial charge in [-0.15, -0.1) is 0 Å². The fourth-order valence-corrected chi connectivity index (χ4v) is 0.360. The van der Waals surface area contributed by atoms with Gasteiger partial charge in [-0.3, -0.25) is 9.59 Å². The molecule has 0 spiro atoms. The Balaban J connectivity index is 0. The second-order valence-electron chi connectivity index (χ2n) is 1.89. The van der Waals surface area contributed by atoms with Gasteiger partial charge in [0, 0.05) is 6.42 Å². The SMILES string of the molecule is CC.CC(=O)C(N)CC(N)=O. The molecule has 0 aliphatic heterocycles. The second-order valence-corrected chi connectivity index (χ2v) is 1.89. The lowest BCUT2D eigenvalue weighted by Gasteiger charge is -2.01. The van der Waals surface area contributed by atoms with Gasteiger partial charge in [-0.1, -0.05) is 13.8 Å². The van der Waals surface area contributed by atoms with E-state index in [1.54, 1.807) is 0 Å². The molecule has 0 saturated heterocycles. The molecular weight excluding hydrogens is 144 g/mol. The zero-order chi connectivity index (χ0) is 9.44. The van der Waals surface area contributed by atoms with Gasteiger partial charge in [0.2, 0.25) is 5.91 Å². The lowest BCUT2D eigenvalue weighted by Crippen LogP contribution is -2.33. The molecule has 0 bridgehead atoms. The number of primary amides is 1. The van der Waals surface area contributed by atoms with Crippen molar-refractivity contribution in [3.8, 4) is 0 Å². The number of rotatable bonds is 3. The molecular formula is C7H16N2O2. The largest absolute Gasteiger partial charge is 0.370 e. The summed E-state index contributed by atoms with van der Waals surface area (Å²) in [5.41, 5.74) is 9.93. The number of ketones is 1. The third kappa shape index (κ3) is 9.10. The molecule has 11 heavy (non-hydrogen) atoms. The molecule has 0 saturated carbocycles. The van der Waals surface area contributed by atoms with Crippen LogP contribution in [0.1, 0.15) is 27.2 Å². The van der Waals surface area contributed by atoms with Crippen molar-refractivity contribution in [3.05, 3.63) is 0 Å². The van der Waals surface area contributed by atoms with Gasteiger partial charge in [-0.25, -0.2) is 0 Å². The van der Waals surface area contributed by atoms with Crippen LogP contribution in [0.2, 0.25) is 0 Å². The smallest absolute Gasteiger partial charge is 0.219 e. The first-order valence-corrected chi connectivity index (χ1v) is 3.58. The van der Waals surface area contributed by atoms with Gasteiger partial charge in [-0.05, 0) is 6.92 Å². The van der Waals surface area contributed by atoms with Crippen molar-refractivity contribution >= 4 is 11.7 Å². The van der Waals surface area contributed by atoms with Gasteiger partial charge in [0.1, 0.15) is 5.78 Å². The lowest BCUT2D eigenvalue weighted by atomic mass is 10.1. The third-order valence-electron chi connectivity index (χ3n) is 0.943. The average Bonchev–Trinajstić information content (AvgIpc) is 1.90. The minimum atomic E-state index is -0.720. The Morgan fingerprint density at radius 1 is 1.36 bits per heavy atom. The number of nitrogens with two attached hydrogens (primary N) is 2. The van der Waals surface area contributed by atoms with E-state index in [0.29, 0.717) is 0 Å². The average molecular weight is 160 g/mol.